The van der Waals surface area contributed by atoms with E-state index in [0.717, 1.165) is 25.7 Å². The summed E-state index contributed by atoms with van der Waals surface area (Å²) >= 11 is 0. The van der Waals surface area contributed by atoms with Crippen molar-refractivity contribution in [1.82, 2.24) is 4.98 Å². The van der Waals surface area contributed by atoms with Crippen molar-refractivity contribution >= 4 is 11.4 Å². The Hall–Kier alpha value is -1.86. The van der Waals surface area contributed by atoms with Gasteiger partial charge in [0.05, 0.1) is 4.92 Å². The van der Waals surface area contributed by atoms with Crippen LogP contribution in [-0.4, -0.2) is 16.5 Å². The van der Waals surface area contributed by atoms with Gasteiger partial charge in [-0.3, -0.25) is 10.1 Å². The highest BCUT2D eigenvalue weighted by atomic mass is 19.4. The van der Waals surface area contributed by atoms with Crippen molar-refractivity contribution in [3.63, 3.8) is 0 Å². The van der Waals surface area contributed by atoms with Crippen molar-refractivity contribution in [1.29, 1.82) is 0 Å². The molecule has 0 unspecified atom stereocenters. The van der Waals surface area contributed by atoms with Crippen LogP contribution in [0.15, 0.2) is 12.3 Å². The molecule has 1 aliphatic rings. The average molecular weight is 303 g/mol. The maximum atomic E-state index is 12.6. The van der Waals surface area contributed by atoms with E-state index in [1.54, 1.807) is 0 Å². The summed E-state index contributed by atoms with van der Waals surface area (Å²) in [7, 11) is 0. The van der Waals surface area contributed by atoms with E-state index in [1.165, 1.54) is 6.42 Å². The Balaban J connectivity index is 2.16. The van der Waals surface area contributed by atoms with Crippen LogP contribution in [0.2, 0.25) is 0 Å². The molecule has 0 radical (unpaired) electrons. The third kappa shape index (κ3) is 4.05. The van der Waals surface area contributed by atoms with Crippen molar-refractivity contribution < 1.29 is 18.1 Å². The highest BCUT2D eigenvalue weighted by Crippen LogP contribution is 2.33. The van der Waals surface area contributed by atoms with Crippen LogP contribution in [0.5, 0.6) is 0 Å². The predicted molar refractivity (Wildman–Crippen MR) is 71.0 cm³/mol. The van der Waals surface area contributed by atoms with E-state index in [1.807, 2.05) is 0 Å². The molecule has 5 nitrogen and oxygen atoms in total. The summed E-state index contributed by atoms with van der Waals surface area (Å²) in [4.78, 5) is 13.3. The van der Waals surface area contributed by atoms with Crippen LogP contribution in [0.1, 0.15) is 37.8 Å². The molecule has 0 spiro atoms. The van der Waals surface area contributed by atoms with Gasteiger partial charge < -0.3 is 5.32 Å². The molecular weight excluding hydrogens is 287 g/mol. The van der Waals surface area contributed by atoms with E-state index < -0.39 is 22.5 Å². The first-order valence-corrected chi connectivity index (χ1v) is 6.83. The van der Waals surface area contributed by atoms with Gasteiger partial charge in [-0.05, 0) is 24.8 Å². The fourth-order valence-electron chi connectivity index (χ4n) is 2.54. The van der Waals surface area contributed by atoms with E-state index in [4.69, 9.17) is 0 Å². The maximum absolute atomic E-state index is 12.6. The lowest BCUT2D eigenvalue weighted by Crippen LogP contribution is -2.18. The van der Waals surface area contributed by atoms with Crippen molar-refractivity contribution in [2.45, 2.75) is 38.3 Å². The number of hydrogen-bond donors (Lipinski definition) is 1. The number of nitro groups is 1. The summed E-state index contributed by atoms with van der Waals surface area (Å²) in [5.41, 5.74) is -1.68. The highest BCUT2D eigenvalue weighted by molar-refractivity contribution is 5.61. The lowest BCUT2D eigenvalue weighted by atomic mass is 9.89. The smallest absolute Gasteiger partial charge is 0.379 e. The molecule has 116 valence electrons. The van der Waals surface area contributed by atoms with Gasteiger partial charge in [-0.25, -0.2) is 4.98 Å². The van der Waals surface area contributed by atoms with E-state index >= 15 is 0 Å². The lowest BCUT2D eigenvalue weighted by Gasteiger charge is -2.22. The predicted octanol–water partition coefficient (Wildman–Crippen LogP) is 4.00. The van der Waals surface area contributed by atoms with Crippen LogP contribution < -0.4 is 5.32 Å². The molecule has 8 heteroatoms. The molecule has 1 N–H and O–H groups in total. The molecule has 0 amide bonds. The number of aromatic nitrogens is 1. The second-order valence-electron chi connectivity index (χ2n) is 5.23. The van der Waals surface area contributed by atoms with Crippen LogP contribution in [0.25, 0.3) is 0 Å². The quantitative estimate of drug-likeness (QED) is 0.674. The molecule has 21 heavy (non-hydrogen) atoms. The zero-order chi connectivity index (χ0) is 15.5. The number of alkyl halides is 3. The van der Waals surface area contributed by atoms with Crippen LogP contribution in [0, 0.1) is 16.0 Å². The van der Waals surface area contributed by atoms with Gasteiger partial charge in [0.25, 0.3) is 0 Å². The number of nitrogens with one attached hydrogen (secondary N) is 1. The number of rotatable bonds is 4. The summed E-state index contributed by atoms with van der Waals surface area (Å²) in [6, 6.07) is 0.709. The first-order valence-electron chi connectivity index (χ1n) is 6.83. The van der Waals surface area contributed by atoms with Gasteiger partial charge in [-0.1, -0.05) is 19.3 Å². The molecule has 1 heterocycles. The number of halogens is 3. The minimum absolute atomic E-state index is 0.118. The van der Waals surface area contributed by atoms with Crippen molar-refractivity contribution in [2.75, 3.05) is 11.9 Å². The zero-order valence-electron chi connectivity index (χ0n) is 11.3. The van der Waals surface area contributed by atoms with E-state index in [-0.39, 0.29) is 5.69 Å². The van der Waals surface area contributed by atoms with Gasteiger partial charge in [-0.15, -0.1) is 0 Å². The Labute approximate surface area is 119 Å². The SMILES string of the molecule is O=[N+]([O-])c1cnc(C(F)(F)F)cc1NCC1CCCCC1. The minimum atomic E-state index is -4.61. The van der Waals surface area contributed by atoms with E-state index in [0.29, 0.717) is 24.7 Å². The second kappa shape index (κ2) is 6.28. The van der Waals surface area contributed by atoms with Gasteiger partial charge in [0.1, 0.15) is 17.6 Å². The molecule has 1 fully saturated rings. The first kappa shape index (κ1) is 15.5. The van der Waals surface area contributed by atoms with Crippen LogP contribution in [-0.2, 0) is 6.18 Å². The third-order valence-electron chi connectivity index (χ3n) is 3.68. The standard InChI is InChI=1S/C13H16F3N3O2/c14-13(15,16)12-6-10(11(8-18-12)19(20)21)17-7-9-4-2-1-3-5-9/h6,8-9H,1-5,7H2,(H,17,18). The number of anilines is 1. The molecule has 0 atom stereocenters. The molecule has 0 aromatic carbocycles. The molecule has 0 bridgehead atoms. The summed E-state index contributed by atoms with van der Waals surface area (Å²) in [6.07, 6.45) is 1.40. The lowest BCUT2D eigenvalue weighted by molar-refractivity contribution is -0.384. The maximum Gasteiger partial charge on any atom is 0.433 e. The summed E-state index contributed by atoms with van der Waals surface area (Å²) < 4.78 is 37.9. The molecule has 1 aliphatic carbocycles. The topological polar surface area (TPSA) is 68.1 Å². The highest BCUT2D eigenvalue weighted by Gasteiger charge is 2.34. The van der Waals surface area contributed by atoms with Gasteiger partial charge >= 0.3 is 11.9 Å². The van der Waals surface area contributed by atoms with Crippen LogP contribution >= 0.6 is 0 Å². The summed E-state index contributed by atoms with van der Waals surface area (Å²) in [5.74, 6) is 0.348. The Bertz CT molecular complexity index is 514. The van der Waals surface area contributed by atoms with Crippen LogP contribution in [0.3, 0.4) is 0 Å². The summed E-state index contributed by atoms with van der Waals surface area (Å²) in [5, 5.41) is 13.7. The van der Waals surface area contributed by atoms with E-state index in [2.05, 4.69) is 10.3 Å². The summed E-state index contributed by atoms with van der Waals surface area (Å²) in [6.45, 7) is 0.447. The molecule has 0 saturated heterocycles. The molecular formula is C13H16F3N3O2. The van der Waals surface area contributed by atoms with Gasteiger partial charge in [0.2, 0.25) is 0 Å². The Morgan fingerprint density at radius 1 is 1.33 bits per heavy atom. The van der Waals surface area contributed by atoms with E-state index in [9.17, 15) is 23.3 Å². The normalized spacial score (nSPS) is 16.7. The number of pyridine rings is 1. The number of nitrogens with zero attached hydrogens (tertiary/aromatic N) is 2. The minimum Gasteiger partial charge on any atom is -0.379 e. The fraction of sp³-hybridized carbons (Fsp3) is 0.615. The van der Waals surface area contributed by atoms with Gasteiger partial charge in [0.15, 0.2) is 0 Å². The average Bonchev–Trinajstić information content (AvgIpc) is 2.45. The molecule has 1 aromatic heterocycles. The van der Waals surface area contributed by atoms with Crippen molar-refractivity contribution in [3.05, 3.63) is 28.1 Å². The zero-order valence-corrected chi connectivity index (χ0v) is 11.3. The Kier molecular flexibility index (Phi) is 4.64. The third-order valence-corrected chi connectivity index (χ3v) is 3.68. The van der Waals surface area contributed by atoms with Gasteiger partial charge in [-0.2, -0.15) is 13.2 Å². The second-order valence-corrected chi connectivity index (χ2v) is 5.23. The molecule has 1 saturated carbocycles. The van der Waals surface area contributed by atoms with Crippen molar-refractivity contribution in [2.24, 2.45) is 5.92 Å². The monoisotopic (exact) mass is 303 g/mol. The largest absolute Gasteiger partial charge is 0.433 e. The first-order chi connectivity index (χ1) is 9.88. The molecule has 1 aromatic rings. The van der Waals surface area contributed by atoms with Crippen LogP contribution in [0.4, 0.5) is 24.5 Å². The molecule has 2 rings (SSSR count). The van der Waals surface area contributed by atoms with Crippen molar-refractivity contribution in [3.8, 4) is 0 Å². The number of hydrogen-bond acceptors (Lipinski definition) is 4. The Morgan fingerprint density at radius 2 is 2.00 bits per heavy atom. The molecule has 0 aliphatic heterocycles. The van der Waals surface area contributed by atoms with Gasteiger partial charge in [0, 0.05) is 6.54 Å². The Morgan fingerprint density at radius 3 is 2.57 bits per heavy atom. The fourth-order valence-corrected chi connectivity index (χ4v) is 2.54.